The first kappa shape index (κ1) is 24.2. The number of rotatable bonds is 10. The molecule has 0 saturated carbocycles. The van der Waals surface area contributed by atoms with E-state index in [0.29, 0.717) is 24.5 Å². The number of ketones is 1. The second-order valence-corrected chi connectivity index (χ2v) is 9.08. The SMILES string of the molecule is CC(C)NC(=O)N(CCCN1CCOCC1)Cc1ccc(C(=O)Cc2cscc2N)nc1. The normalized spacial score (nSPS) is 14.5. The van der Waals surface area contributed by atoms with Crippen molar-refractivity contribution in [3.05, 3.63) is 45.9 Å². The summed E-state index contributed by atoms with van der Waals surface area (Å²) >= 11 is 1.48. The molecule has 0 atom stereocenters. The molecule has 3 heterocycles. The maximum Gasteiger partial charge on any atom is 0.317 e. The predicted molar refractivity (Wildman–Crippen MR) is 127 cm³/mol. The number of morpholine rings is 1. The van der Waals surface area contributed by atoms with Gasteiger partial charge in [0.15, 0.2) is 5.78 Å². The number of aromatic nitrogens is 1. The highest BCUT2D eigenvalue weighted by atomic mass is 32.1. The number of nitrogens with one attached hydrogen (secondary N) is 1. The second-order valence-electron chi connectivity index (χ2n) is 8.34. The minimum atomic E-state index is -0.0879. The summed E-state index contributed by atoms with van der Waals surface area (Å²) in [4.78, 5) is 33.8. The maximum absolute atomic E-state index is 12.7. The van der Waals surface area contributed by atoms with Gasteiger partial charge in [-0.1, -0.05) is 6.07 Å². The zero-order valence-electron chi connectivity index (χ0n) is 18.9. The third kappa shape index (κ3) is 7.29. The van der Waals surface area contributed by atoms with Crippen LogP contribution in [0, 0.1) is 0 Å². The highest BCUT2D eigenvalue weighted by Gasteiger charge is 2.17. The summed E-state index contributed by atoms with van der Waals surface area (Å²) in [5.41, 5.74) is 8.66. The van der Waals surface area contributed by atoms with Crippen molar-refractivity contribution in [2.45, 2.75) is 39.3 Å². The zero-order chi connectivity index (χ0) is 22.9. The number of urea groups is 1. The summed E-state index contributed by atoms with van der Waals surface area (Å²) < 4.78 is 5.40. The number of hydrogen-bond acceptors (Lipinski definition) is 7. The van der Waals surface area contributed by atoms with Gasteiger partial charge >= 0.3 is 6.03 Å². The third-order valence-electron chi connectivity index (χ3n) is 5.32. The van der Waals surface area contributed by atoms with E-state index in [4.69, 9.17) is 10.5 Å². The number of Topliss-reactive ketones (excluding diaryl/α,β-unsaturated/α-hetero) is 1. The molecule has 32 heavy (non-hydrogen) atoms. The van der Waals surface area contributed by atoms with Crippen molar-refractivity contribution >= 4 is 28.8 Å². The van der Waals surface area contributed by atoms with E-state index in [9.17, 15) is 9.59 Å². The summed E-state index contributed by atoms with van der Waals surface area (Å²) in [6.45, 7) is 9.35. The topological polar surface area (TPSA) is 101 Å². The minimum Gasteiger partial charge on any atom is -0.398 e. The Hall–Kier alpha value is -2.49. The monoisotopic (exact) mass is 459 g/mol. The Morgan fingerprint density at radius 2 is 2.06 bits per heavy atom. The number of anilines is 1. The van der Waals surface area contributed by atoms with Crippen LogP contribution in [0.25, 0.3) is 0 Å². The van der Waals surface area contributed by atoms with Gasteiger partial charge in [-0.05, 0) is 42.8 Å². The molecule has 0 unspecified atom stereocenters. The molecule has 1 saturated heterocycles. The van der Waals surface area contributed by atoms with E-state index in [2.05, 4.69) is 15.2 Å². The number of nitrogens with zero attached hydrogens (tertiary/aromatic N) is 3. The largest absolute Gasteiger partial charge is 0.398 e. The fourth-order valence-corrected chi connectivity index (χ4v) is 4.29. The van der Waals surface area contributed by atoms with Gasteiger partial charge in [0.05, 0.1) is 13.2 Å². The van der Waals surface area contributed by atoms with Crippen LogP contribution in [0.3, 0.4) is 0 Å². The van der Waals surface area contributed by atoms with Crippen molar-refractivity contribution in [2.24, 2.45) is 0 Å². The highest BCUT2D eigenvalue weighted by molar-refractivity contribution is 7.08. The Balaban J connectivity index is 1.58. The quantitative estimate of drug-likeness (QED) is 0.530. The third-order valence-corrected chi connectivity index (χ3v) is 6.13. The summed E-state index contributed by atoms with van der Waals surface area (Å²) in [7, 11) is 0. The van der Waals surface area contributed by atoms with Crippen LogP contribution in [0.4, 0.5) is 10.5 Å². The van der Waals surface area contributed by atoms with Crippen LogP contribution < -0.4 is 11.1 Å². The molecule has 174 valence electrons. The Bertz CT molecular complexity index is 878. The van der Waals surface area contributed by atoms with Crippen molar-refractivity contribution in [3.8, 4) is 0 Å². The van der Waals surface area contributed by atoms with E-state index in [0.717, 1.165) is 50.4 Å². The van der Waals surface area contributed by atoms with Crippen molar-refractivity contribution in [3.63, 3.8) is 0 Å². The Morgan fingerprint density at radius 3 is 2.69 bits per heavy atom. The van der Waals surface area contributed by atoms with Crippen LogP contribution in [0.15, 0.2) is 29.1 Å². The molecule has 0 aliphatic carbocycles. The minimum absolute atomic E-state index is 0.0620. The molecule has 0 aromatic carbocycles. The van der Waals surface area contributed by atoms with Crippen LogP contribution in [-0.4, -0.2) is 72.0 Å². The summed E-state index contributed by atoms with van der Waals surface area (Å²) in [6, 6.07) is 3.57. The van der Waals surface area contributed by atoms with Gasteiger partial charge in [-0.15, -0.1) is 11.3 Å². The van der Waals surface area contributed by atoms with Gasteiger partial charge in [-0.2, -0.15) is 0 Å². The molecule has 3 N–H and O–H groups in total. The molecule has 1 aliphatic heterocycles. The first-order chi connectivity index (χ1) is 15.4. The smallest absolute Gasteiger partial charge is 0.317 e. The van der Waals surface area contributed by atoms with Gasteiger partial charge < -0.3 is 20.7 Å². The number of nitrogens with two attached hydrogens (primary N) is 1. The molecule has 0 radical (unpaired) electrons. The maximum atomic E-state index is 12.7. The van der Waals surface area contributed by atoms with Crippen molar-refractivity contribution in [1.82, 2.24) is 20.1 Å². The molecule has 1 fully saturated rings. The Labute approximate surface area is 193 Å². The van der Waals surface area contributed by atoms with Gasteiger partial charge in [0.2, 0.25) is 0 Å². The van der Waals surface area contributed by atoms with Crippen LogP contribution in [0.1, 0.15) is 41.9 Å². The first-order valence-corrected chi connectivity index (χ1v) is 12.0. The number of carbonyl (C=O) groups is 2. The molecule has 8 nitrogen and oxygen atoms in total. The van der Waals surface area contributed by atoms with E-state index in [-0.39, 0.29) is 24.3 Å². The second kappa shape index (κ2) is 11.9. The molecular formula is C23H33N5O3S. The molecule has 2 amide bonds. The molecule has 2 aromatic rings. The fourth-order valence-electron chi connectivity index (χ4n) is 3.54. The lowest BCUT2D eigenvalue weighted by Crippen LogP contribution is -2.44. The van der Waals surface area contributed by atoms with E-state index in [1.54, 1.807) is 12.3 Å². The van der Waals surface area contributed by atoms with E-state index in [1.165, 1.54) is 11.3 Å². The van der Waals surface area contributed by atoms with E-state index < -0.39 is 0 Å². The lowest BCUT2D eigenvalue weighted by molar-refractivity contribution is 0.0364. The van der Waals surface area contributed by atoms with Crippen molar-refractivity contribution < 1.29 is 14.3 Å². The number of pyridine rings is 1. The molecule has 0 bridgehead atoms. The van der Waals surface area contributed by atoms with Crippen LogP contribution in [0.2, 0.25) is 0 Å². The van der Waals surface area contributed by atoms with Gasteiger partial charge in [-0.25, -0.2) is 4.79 Å². The molecular weight excluding hydrogens is 426 g/mol. The van der Waals surface area contributed by atoms with Crippen molar-refractivity contribution in [1.29, 1.82) is 0 Å². The zero-order valence-corrected chi connectivity index (χ0v) is 19.7. The number of ether oxygens (including phenoxy) is 1. The number of thiophene rings is 1. The number of hydrogen-bond donors (Lipinski definition) is 2. The van der Waals surface area contributed by atoms with Crippen molar-refractivity contribution in [2.75, 3.05) is 45.1 Å². The average molecular weight is 460 g/mol. The summed E-state index contributed by atoms with van der Waals surface area (Å²) in [5, 5.41) is 6.70. The molecule has 2 aromatic heterocycles. The van der Waals surface area contributed by atoms with E-state index >= 15 is 0 Å². The Morgan fingerprint density at radius 1 is 1.28 bits per heavy atom. The fraction of sp³-hybridized carbons (Fsp3) is 0.522. The number of amides is 2. The van der Waals surface area contributed by atoms with E-state index in [1.807, 2.05) is 35.6 Å². The molecule has 0 spiro atoms. The predicted octanol–water partition coefficient (Wildman–Crippen LogP) is 2.79. The van der Waals surface area contributed by atoms with Crippen LogP contribution in [-0.2, 0) is 17.7 Å². The lowest BCUT2D eigenvalue weighted by atomic mass is 10.1. The standard InChI is InChI=1S/C23H33N5O3S/c1-17(2)26-23(30)28(7-3-6-27-8-10-31-11-9-27)14-18-4-5-21(25-13-18)22(29)12-19-15-32-16-20(19)24/h4-5,13,15-17H,3,6-12,14,24H2,1-2H3,(H,26,30). The Kier molecular flexibility index (Phi) is 9.01. The first-order valence-electron chi connectivity index (χ1n) is 11.1. The van der Waals surface area contributed by atoms with Gasteiger partial charge in [0.25, 0.3) is 0 Å². The average Bonchev–Trinajstić information content (AvgIpc) is 3.18. The van der Waals surface area contributed by atoms with Crippen LogP contribution >= 0.6 is 11.3 Å². The molecule has 3 rings (SSSR count). The lowest BCUT2D eigenvalue weighted by Gasteiger charge is -2.29. The molecule has 1 aliphatic rings. The summed E-state index contributed by atoms with van der Waals surface area (Å²) in [5.74, 6) is -0.0680. The number of carbonyl (C=O) groups excluding carboxylic acids is 2. The summed E-state index contributed by atoms with van der Waals surface area (Å²) in [6.07, 6.45) is 2.81. The molecule has 9 heteroatoms. The van der Waals surface area contributed by atoms with Gasteiger partial charge in [0.1, 0.15) is 5.69 Å². The van der Waals surface area contributed by atoms with Gasteiger partial charge in [-0.3, -0.25) is 14.7 Å². The highest BCUT2D eigenvalue weighted by Crippen LogP contribution is 2.19. The number of nitrogen functional groups attached to an aromatic ring is 1. The van der Waals surface area contributed by atoms with Gasteiger partial charge in [0, 0.05) is 62.5 Å². The van der Waals surface area contributed by atoms with Crippen LogP contribution in [0.5, 0.6) is 0 Å².